The molecule has 0 spiro atoms. The van der Waals surface area contributed by atoms with E-state index in [9.17, 15) is 0 Å². The van der Waals surface area contributed by atoms with Crippen molar-refractivity contribution in [2.24, 2.45) is 11.8 Å². The maximum Gasteiger partial charge on any atom is 0.157 e. The van der Waals surface area contributed by atoms with Crippen molar-refractivity contribution in [3.63, 3.8) is 0 Å². The van der Waals surface area contributed by atoms with Crippen LogP contribution in [0.3, 0.4) is 0 Å². The Hall–Kier alpha value is -1.03. The molecule has 1 atom stereocenters. The number of hydrogen-bond donors (Lipinski definition) is 1. The summed E-state index contributed by atoms with van der Waals surface area (Å²) in [6.45, 7) is 4.11. The van der Waals surface area contributed by atoms with Crippen LogP contribution < -0.4 is 10.1 Å². The molecule has 1 aliphatic carbocycles. The van der Waals surface area contributed by atoms with Gasteiger partial charge in [0.05, 0.1) is 19.0 Å². The lowest BCUT2D eigenvalue weighted by Gasteiger charge is -2.08. The number of nitrogens with zero attached hydrogens (tertiary/aromatic N) is 2. The highest BCUT2D eigenvalue weighted by Crippen LogP contribution is 2.30. The Labute approximate surface area is 96.0 Å². The minimum Gasteiger partial charge on any atom is -0.490 e. The summed E-state index contributed by atoms with van der Waals surface area (Å²) in [4.78, 5) is 0. The number of rotatable bonds is 5. The molecule has 2 heterocycles. The number of nitrogens with one attached hydrogen (secondary N) is 1. The lowest BCUT2D eigenvalue weighted by Crippen LogP contribution is -2.15. The van der Waals surface area contributed by atoms with Crippen molar-refractivity contribution in [3.05, 3.63) is 12.4 Å². The fraction of sp³-hybridized carbons (Fsp3) is 0.750. The Morgan fingerprint density at radius 2 is 2.31 bits per heavy atom. The summed E-state index contributed by atoms with van der Waals surface area (Å²) in [5, 5.41) is 7.66. The van der Waals surface area contributed by atoms with Gasteiger partial charge in [-0.3, -0.25) is 4.68 Å². The maximum absolute atomic E-state index is 5.75. The number of ether oxygens (including phenoxy) is 1. The molecule has 0 amide bonds. The van der Waals surface area contributed by atoms with Gasteiger partial charge in [0.25, 0.3) is 0 Å². The van der Waals surface area contributed by atoms with E-state index in [1.165, 1.54) is 19.3 Å². The molecule has 1 aromatic rings. The molecule has 0 aromatic carbocycles. The lowest BCUT2D eigenvalue weighted by atomic mass is 10.1. The first kappa shape index (κ1) is 10.1. The van der Waals surface area contributed by atoms with Crippen LogP contribution in [0.25, 0.3) is 0 Å². The highest BCUT2D eigenvalue weighted by Gasteiger charge is 2.22. The second-order valence-corrected chi connectivity index (χ2v) is 5.01. The van der Waals surface area contributed by atoms with Crippen molar-refractivity contribution in [1.29, 1.82) is 0 Å². The van der Waals surface area contributed by atoms with Gasteiger partial charge >= 0.3 is 0 Å². The minimum atomic E-state index is 0.673. The Kier molecular flexibility index (Phi) is 2.82. The molecule has 16 heavy (non-hydrogen) atoms. The first-order valence-electron chi connectivity index (χ1n) is 6.26. The van der Waals surface area contributed by atoms with E-state index in [1.54, 1.807) is 0 Å². The van der Waals surface area contributed by atoms with Crippen LogP contribution in [0.15, 0.2) is 12.4 Å². The summed E-state index contributed by atoms with van der Waals surface area (Å²) in [6, 6.07) is 0. The molecule has 1 N–H and O–H groups in total. The predicted octanol–water partition coefficient (Wildman–Crippen LogP) is 1.28. The highest BCUT2D eigenvalue weighted by molar-refractivity contribution is 5.11. The van der Waals surface area contributed by atoms with E-state index < -0.39 is 0 Å². The van der Waals surface area contributed by atoms with Gasteiger partial charge in [-0.2, -0.15) is 5.10 Å². The SMILES string of the molecule is c1nn(CC2CC2)cc1OCC1CCNC1. The minimum absolute atomic E-state index is 0.673. The Morgan fingerprint density at radius 3 is 3.06 bits per heavy atom. The van der Waals surface area contributed by atoms with Gasteiger partial charge < -0.3 is 10.1 Å². The molecule has 88 valence electrons. The summed E-state index contributed by atoms with van der Waals surface area (Å²) >= 11 is 0. The van der Waals surface area contributed by atoms with E-state index in [-0.39, 0.29) is 0 Å². The van der Waals surface area contributed by atoms with Gasteiger partial charge in [-0.25, -0.2) is 0 Å². The monoisotopic (exact) mass is 221 g/mol. The standard InChI is InChI=1S/C12H19N3O/c1-2-10(1)7-15-8-12(6-14-15)16-9-11-3-4-13-5-11/h6,8,10-11,13H,1-5,7,9H2. The smallest absolute Gasteiger partial charge is 0.157 e. The molecular weight excluding hydrogens is 202 g/mol. The second-order valence-electron chi connectivity index (χ2n) is 5.01. The van der Waals surface area contributed by atoms with Crippen molar-refractivity contribution in [2.45, 2.75) is 25.8 Å². The van der Waals surface area contributed by atoms with Crippen LogP contribution in [0.2, 0.25) is 0 Å². The van der Waals surface area contributed by atoms with Crippen LogP contribution >= 0.6 is 0 Å². The molecule has 0 radical (unpaired) electrons. The van der Waals surface area contributed by atoms with E-state index in [1.807, 2.05) is 17.1 Å². The second kappa shape index (κ2) is 4.45. The summed E-state index contributed by atoms with van der Waals surface area (Å²) in [5.41, 5.74) is 0. The van der Waals surface area contributed by atoms with Gasteiger partial charge in [0.1, 0.15) is 0 Å². The van der Waals surface area contributed by atoms with Crippen LogP contribution in [0.5, 0.6) is 5.75 Å². The molecule has 2 aliphatic rings. The average molecular weight is 221 g/mol. The van der Waals surface area contributed by atoms with Crippen molar-refractivity contribution >= 4 is 0 Å². The number of hydrogen-bond acceptors (Lipinski definition) is 3. The molecule has 1 aliphatic heterocycles. The summed E-state index contributed by atoms with van der Waals surface area (Å²) in [5.74, 6) is 2.46. The van der Waals surface area contributed by atoms with Gasteiger partial charge in [-0.1, -0.05) is 0 Å². The van der Waals surface area contributed by atoms with Gasteiger partial charge in [0.15, 0.2) is 5.75 Å². The summed E-state index contributed by atoms with van der Waals surface area (Å²) in [6.07, 6.45) is 7.83. The molecule has 4 heteroatoms. The topological polar surface area (TPSA) is 39.1 Å². The summed E-state index contributed by atoms with van der Waals surface area (Å²) in [7, 11) is 0. The van der Waals surface area contributed by atoms with Crippen LogP contribution in [-0.2, 0) is 6.54 Å². The molecule has 3 rings (SSSR count). The molecular formula is C12H19N3O. The van der Waals surface area contributed by atoms with E-state index in [0.29, 0.717) is 5.92 Å². The van der Waals surface area contributed by atoms with Crippen LogP contribution in [0.4, 0.5) is 0 Å². The first-order chi connectivity index (χ1) is 7.90. The molecule has 1 unspecified atom stereocenters. The van der Waals surface area contributed by atoms with E-state index >= 15 is 0 Å². The molecule has 1 saturated heterocycles. The quantitative estimate of drug-likeness (QED) is 0.814. The first-order valence-corrected chi connectivity index (χ1v) is 6.26. The van der Waals surface area contributed by atoms with Gasteiger partial charge in [0.2, 0.25) is 0 Å². The Morgan fingerprint density at radius 1 is 1.38 bits per heavy atom. The molecule has 4 nitrogen and oxygen atoms in total. The molecule has 1 saturated carbocycles. The fourth-order valence-corrected chi connectivity index (χ4v) is 2.15. The van der Waals surface area contributed by atoms with Crippen LogP contribution in [0, 0.1) is 11.8 Å². The highest BCUT2D eigenvalue weighted by atomic mass is 16.5. The maximum atomic E-state index is 5.75. The summed E-state index contributed by atoms with van der Waals surface area (Å²) < 4.78 is 7.76. The molecule has 1 aromatic heterocycles. The fourth-order valence-electron chi connectivity index (χ4n) is 2.15. The molecule has 0 bridgehead atoms. The third-order valence-electron chi connectivity index (χ3n) is 3.40. The largest absolute Gasteiger partial charge is 0.490 e. The average Bonchev–Trinajstić information content (AvgIpc) is 2.81. The zero-order valence-corrected chi connectivity index (χ0v) is 9.56. The van der Waals surface area contributed by atoms with E-state index in [0.717, 1.165) is 37.9 Å². The third kappa shape index (κ3) is 2.55. The predicted molar refractivity (Wildman–Crippen MR) is 61.4 cm³/mol. The Bertz CT molecular complexity index is 340. The third-order valence-corrected chi connectivity index (χ3v) is 3.40. The van der Waals surface area contributed by atoms with Gasteiger partial charge in [0, 0.05) is 19.0 Å². The Balaban J connectivity index is 1.47. The van der Waals surface area contributed by atoms with Crippen molar-refractivity contribution < 1.29 is 4.74 Å². The van der Waals surface area contributed by atoms with Gasteiger partial charge in [-0.05, 0) is 31.7 Å². The van der Waals surface area contributed by atoms with Crippen molar-refractivity contribution in [3.8, 4) is 5.75 Å². The van der Waals surface area contributed by atoms with Gasteiger partial charge in [-0.15, -0.1) is 0 Å². The van der Waals surface area contributed by atoms with E-state index in [4.69, 9.17) is 4.74 Å². The van der Waals surface area contributed by atoms with Crippen molar-refractivity contribution in [1.82, 2.24) is 15.1 Å². The lowest BCUT2D eigenvalue weighted by molar-refractivity contribution is 0.259. The van der Waals surface area contributed by atoms with Crippen molar-refractivity contribution in [2.75, 3.05) is 19.7 Å². The van der Waals surface area contributed by atoms with Crippen LogP contribution in [-0.4, -0.2) is 29.5 Å². The normalized spacial score (nSPS) is 24.9. The van der Waals surface area contributed by atoms with Crippen LogP contribution in [0.1, 0.15) is 19.3 Å². The van der Waals surface area contributed by atoms with E-state index in [2.05, 4.69) is 10.4 Å². The zero-order valence-electron chi connectivity index (χ0n) is 9.56. The zero-order chi connectivity index (χ0) is 10.8. The number of aromatic nitrogens is 2. The molecule has 2 fully saturated rings.